The lowest BCUT2D eigenvalue weighted by Crippen LogP contribution is -2.43. The second-order valence-electron chi connectivity index (χ2n) is 5.33. The first-order valence-electron chi connectivity index (χ1n) is 5.89. The van der Waals surface area contributed by atoms with Crippen molar-refractivity contribution in [3.8, 4) is 0 Å². The Balaban J connectivity index is 2.46. The quantitative estimate of drug-likeness (QED) is 0.718. The summed E-state index contributed by atoms with van der Waals surface area (Å²) >= 11 is 0. The Hall–Kier alpha value is -0.120. The van der Waals surface area contributed by atoms with Crippen molar-refractivity contribution in [2.24, 2.45) is 0 Å². The van der Waals surface area contributed by atoms with Gasteiger partial charge in [-0.25, -0.2) is 0 Å². The Morgan fingerprint density at radius 2 is 1.73 bits per heavy atom. The monoisotopic (exact) mass is 215 g/mol. The molecule has 90 valence electrons. The third-order valence-corrected chi connectivity index (χ3v) is 2.81. The lowest BCUT2D eigenvalue weighted by Gasteiger charge is -2.32. The van der Waals surface area contributed by atoms with E-state index in [1.807, 2.05) is 13.8 Å². The highest BCUT2D eigenvalue weighted by atomic mass is 16.7. The third-order valence-electron chi connectivity index (χ3n) is 2.81. The standard InChI is InChI=1S/C12H25NO2/c1-9(2)13(10(3)4)7-11-8-14-12(5,6)15-11/h9-11H,7-8H2,1-6H3. The topological polar surface area (TPSA) is 21.7 Å². The average Bonchev–Trinajstić information content (AvgIpc) is 2.40. The summed E-state index contributed by atoms with van der Waals surface area (Å²) in [6, 6.07) is 1.11. The first-order chi connectivity index (χ1) is 6.82. The van der Waals surface area contributed by atoms with Crippen LogP contribution in [0.4, 0.5) is 0 Å². The van der Waals surface area contributed by atoms with Gasteiger partial charge in [-0.2, -0.15) is 0 Å². The molecule has 1 heterocycles. The van der Waals surface area contributed by atoms with Gasteiger partial charge in [-0.3, -0.25) is 4.90 Å². The van der Waals surface area contributed by atoms with Crippen LogP contribution >= 0.6 is 0 Å². The van der Waals surface area contributed by atoms with E-state index in [1.54, 1.807) is 0 Å². The number of nitrogens with zero attached hydrogens (tertiary/aromatic N) is 1. The first-order valence-corrected chi connectivity index (χ1v) is 5.89. The van der Waals surface area contributed by atoms with Crippen LogP contribution < -0.4 is 0 Å². The molecule has 0 radical (unpaired) electrons. The zero-order valence-corrected chi connectivity index (χ0v) is 10.9. The van der Waals surface area contributed by atoms with E-state index in [-0.39, 0.29) is 6.10 Å². The first kappa shape index (κ1) is 12.9. The number of hydrogen-bond acceptors (Lipinski definition) is 3. The van der Waals surface area contributed by atoms with Gasteiger partial charge in [0.1, 0.15) is 0 Å². The molecule has 1 atom stereocenters. The fourth-order valence-electron chi connectivity index (χ4n) is 2.11. The van der Waals surface area contributed by atoms with Crippen LogP contribution in [0.5, 0.6) is 0 Å². The molecule has 0 spiro atoms. The lowest BCUT2D eigenvalue weighted by atomic mass is 10.2. The maximum Gasteiger partial charge on any atom is 0.163 e. The van der Waals surface area contributed by atoms with Crippen LogP contribution in [0.15, 0.2) is 0 Å². The van der Waals surface area contributed by atoms with Crippen molar-refractivity contribution >= 4 is 0 Å². The van der Waals surface area contributed by atoms with Gasteiger partial charge in [-0.1, -0.05) is 0 Å². The summed E-state index contributed by atoms with van der Waals surface area (Å²) in [4.78, 5) is 2.44. The molecular weight excluding hydrogens is 190 g/mol. The molecule has 1 saturated heterocycles. The van der Waals surface area contributed by atoms with Crippen LogP contribution in [0.2, 0.25) is 0 Å². The largest absolute Gasteiger partial charge is 0.348 e. The molecular formula is C12H25NO2. The molecule has 0 aliphatic carbocycles. The fraction of sp³-hybridized carbons (Fsp3) is 1.00. The Morgan fingerprint density at radius 3 is 2.07 bits per heavy atom. The summed E-state index contributed by atoms with van der Waals surface area (Å²) in [6.07, 6.45) is 0.213. The number of hydrogen-bond donors (Lipinski definition) is 0. The number of ether oxygens (including phenoxy) is 2. The minimum atomic E-state index is -0.399. The van der Waals surface area contributed by atoms with E-state index in [4.69, 9.17) is 9.47 Å². The van der Waals surface area contributed by atoms with Gasteiger partial charge >= 0.3 is 0 Å². The van der Waals surface area contributed by atoms with Crippen LogP contribution in [0, 0.1) is 0 Å². The van der Waals surface area contributed by atoms with Gasteiger partial charge in [0.05, 0.1) is 12.7 Å². The minimum Gasteiger partial charge on any atom is -0.348 e. The molecule has 0 aromatic rings. The highest BCUT2D eigenvalue weighted by molar-refractivity contribution is 4.77. The number of rotatable bonds is 4. The maximum atomic E-state index is 5.82. The second-order valence-corrected chi connectivity index (χ2v) is 5.33. The third kappa shape index (κ3) is 3.74. The van der Waals surface area contributed by atoms with Gasteiger partial charge in [0.15, 0.2) is 5.79 Å². The maximum absolute atomic E-state index is 5.82. The van der Waals surface area contributed by atoms with Crippen molar-refractivity contribution in [2.45, 2.75) is 65.5 Å². The minimum absolute atomic E-state index is 0.213. The van der Waals surface area contributed by atoms with E-state index in [9.17, 15) is 0 Å². The predicted octanol–water partition coefficient (Wildman–Crippen LogP) is 2.26. The van der Waals surface area contributed by atoms with E-state index in [0.29, 0.717) is 18.7 Å². The van der Waals surface area contributed by atoms with Gasteiger partial charge in [0.2, 0.25) is 0 Å². The highest BCUT2D eigenvalue weighted by Gasteiger charge is 2.34. The average molecular weight is 215 g/mol. The molecule has 1 fully saturated rings. The van der Waals surface area contributed by atoms with E-state index < -0.39 is 5.79 Å². The lowest BCUT2D eigenvalue weighted by molar-refractivity contribution is -0.141. The molecule has 0 aromatic heterocycles. The Morgan fingerprint density at radius 1 is 1.20 bits per heavy atom. The van der Waals surface area contributed by atoms with Crippen LogP contribution in [0.3, 0.4) is 0 Å². The molecule has 0 bridgehead atoms. The molecule has 1 aliphatic heterocycles. The normalized spacial score (nSPS) is 25.8. The summed E-state index contributed by atoms with van der Waals surface area (Å²) < 4.78 is 11.4. The Labute approximate surface area is 93.7 Å². The summed E-state index contributed by atoms with van der Waals surface area (Å²) in [5.74, 6) is -0.399. The Bertz CT molecular complexity index is 194. The van der Waals surface area contributed by atoms with Gasteiger partial charge < -0.3 is 9.47 Å². The van der Waals surface area contributed by atoms with E-state index >= 15 is 0 Å². The predicted molar refractivity (Wildman–Crippen MR) is 61.9 cm³/mol. The van der Waals surface area contributed by atoms with Crippen molar-refractivity contribution in [3.63, 3.8) is 0 Å². The summed E-state index contributed by atoms with van der Waals surface area (Å²) in [6.45, 7) is 14.5. The van der Waals surface area contributed by atoms with Gasteiger partial charge in [-0.05, 0) is 41.5 Å². The summed E-state index contributed by atoms with van der Waals surface area (Å²) in [5.41, 5.74) is 0. The smallest absolute Gasteiger partial charge is 0.163 e. The van der Waals surface area contributed by atoms with Crippen molar-refractivity contribution in [3.05, 3.63) is 0 Å². The molecule has 3 heteroatoms. The SMILES string of the molecule is CC(C)N(CC1COC(C)(C)O1)C(C)C. The molecule has 15 heavy (non-hydrogen) atoms. The van der Waals surface area contributed by atoms with Crippen LogP contribution in [-0.2, 0) is 9.47 Å². The zero-order valence-electron chi connectivity index (χ0n) is 10.9. The van der Waals surface area contributed by atoms with Crippen molar-refractivity contribution in [1.29, 1.82) is 0 Å². The molecule has 0 N–H and O–H groups in total. The molecule has 1 rings (SSSR count). The zero-order chi connectivity index (χ0) is 11.6. The van der Waals surface area contributed by atoms with Gasteiger partial charge in [-0.15, -0.1) is 0 Å². The molecule has 0 amide bonds. The van der Waals surface area contributed by atoms with Gasteiger partial charge in [0, 0.05) is 18.6 Å². The highest BCUT2D eigenvalue weighted by Crippen LogP contribution is 2.23. The molecule has 1 unspecified atom stereocenters. The summed E-state index contributed by atoms with van der Waals surface area (Å²) in [7, 11) is 0. The summed E-state index contributed by atoms with van der Waals surface area (Å²) in [5, 5.41) is 0. The molecule has 3 nitrogen and oxygen atoms in total. The second kappa shape index (κ2) is 4.81. The molecule has 0 aromatic carbocycles. The van der Waals surface area contributed by atoms with E-state index in [0.717, 1.165) is 6.54 Å². The van der Waals surface area contributed by atoms with Crippen LogP contribution in [-0.4, -0.2) is 42.0 Å². The van der Waals surface area contributed by atoms with E-state index in [1.165, 1.54) is 0 Å². The van der Waals surface area contributed by atoms with Crippen LogP contribution in [0.1, 0.15) is 41.5 Å². The van der Waals surface area contributed by atoms with Crippen molar-refractivity contribution < 1.29 is 9.47 Å². The van der Waals surface area contributed by atoms with Crippen molar-refractivity contribution in [1.82, 2.24) is 4.90 Å². The Kier molecular flexibility index (Phi) is 4.15. The molecule has 0 saturated carbocycles. The van der Waals surface area contributed by atoms with Crippen molar-refractivity contribution in [2.75, 3.05) is 13.2 Å². The van der Waals surface area contributed by atoms with Gasteiger partial charge in [0.25, 0.3) is 0 Å². The van der Waals surface area contributed by atoms with E-state index in [2.05, 4.69) is 32.6 Å². The molecule has 1 aliphatic rings. The van der Waals surface area contributed by atoms with Crippen LogP contribution in [0.25, 0.3) is 0 Å². The fourth-order valence-corrected chi connectivity index (χ4v) is 2.11.